The van der Waals surface area contributed by atoms with Crippen molar-refractivity contribution in [3.05, 3.63) is 41.2 Å². The number of carbonyl (C=O) groups excluding carboxylic acids is 1. The summed E-state index contributed by atoms with van der Waals surface area (Å²) in [6.07, 6.45) is 6.96. The van der Waals surface area contributed by atoms with Gasteiger partial charge in [0.2, 0.25) is 5.91 Å². The molecule has 7 heteroatoms. The molecule has 0 spiro atoms. The Morgan fingerprint density at radius 1 is 1.29 bits per heavy atom. The standard InChI is InChI=1S/C21H30N6O/c1-15(13-27-11-4-16(2)24-27)21(28)26-10-7-19-18(14-26)12-22-20(23-19)17-5-8-25(3)9-6-17/h4,11-12,15,17H,5-10,13-14H2,1-3H3/t15-/m1/s1. The van der Waals surface area contributed by atoms with E-state index in [1.165, 1.54) is 0 Å². The first-order chi connectivity index (χ1) is 13.5. The molecular formula is C21H30N6O. The first-order valence-corrected chi connectivity index (χ1v) is 10.3. The zero-order valence-electron chi connectivity index (χ0n) is 17.1. The number of hydrogen-bond acceptors (Lipinski definition) is 5. The third-order valence-electron chi connectivity index (χ3n) is 6.00. The summed E-state index contributed by atoms with van der Waals surface area (Å²) in [6, 6.07) is 1.97. The van der Waals surface area contributed by atoms with Crippen LogP contribution < -0.4 is 0 Å². The van der Waals surface area contributed by atoms with Crippen LogP contribution in [0.25, 0.3) is 0 Å². The van der Waals surface area contributed by atoms with E-state index in [1.54, 1.807) is 0 Å². The van der Waals surface area contributed by atoms with Crippen LogP contribution in [-0.2, 0) is 24.3 Å². The maximum Gasteiger partial charge on any atom is 0.227 e. The highest BCUT2D eigenvalue weighted by Crippen LogP contribution is 2.27. The third-order valence-corrected chi connectivity index (χ3v) is 6.00. The van der Waals surface area contributed by atoms with Crippen LogP contribution in [0.4, 0.5) is 0 Å². The molecule has 28 heavy (non-hydrogen) atoms. The number of amides is 1. The van der Waals surface area contributed by atoms with Gasteiger partial charge in [-0.1, -0.05) is 6.92 Å². The number of rotatable bonds is 4. The van der Waals surface area contributed by atoms with Crippen LogP contribution in [0.5, 0.6) is 0 Å². The number of fused-ring (bicyclic) bond motifs is 1. The van der Waals surface area contributed by atoms with Crippen molar-refractivity contribution in [1.82, 2.24) is 29.5 Å². The van der Waals surface area contributed by atoms with E-state index in [0.29, 0.717) is 19.0 Å². The molecule has 0 N–H and O–H groups in total. The minimum Gasteiger partial charge on any atom is -0.338 e. The smallest absolute Gasteiger partial charge is 0.227 e. The molecule has 2 aromatic heterocycles. The van der Waals surface area contributed by atoms with Crippen LogP contribution in [0.1, 0.15) is 48.5 Å². The van der Waals surface area contributed by atoms with Gasteiger partial charge in [0, 0.05) is 43.4 Å². The Morgan fingerprint density at radius 3 is 2.79 bits per heavy atom. The van der Waals surface area contributed by atoms with E-state index in [2.05, 4.69) is 22.0 Å². The second-order valence-corrected chi connectivity index (χ2v) is 8.37. The van der Waals surface area contributed by atoms with Crippen molar-refractivity contribution < 1.29 is 4.79 Å². The maximum atomic E-state index is 12.9. The minimum atomic E-state index is -0.0970. The monoisotopic (exact) mass is 382 g/mol. The summed E-state index contributed by atoms with van der Waals surface area (Å²) in [5, 5.41) is 4.40. The molecule has 0 saturated carbocycles. The van der Waals surface area contributed by atoms with Crippen LogP contribution >= 0.6 is 0 Å². The average Bonchev–Trinajstić information content (AvgIpc) is 3.11. The SMILES string of the molecule is Cc1ccn(C[C@@H](C)C(=O)N2CCc3nc(C4CCN(C)CC4)ncc3C2)n1. The molecule has 2 aromatic rings. The Labute approximate surface area is 166 Å². The van der Waals surface area contributed by atoms with Crippen molar-refractivity contribution in [1.29, 1.82) is 0 Å². The number of carbonyl (C=O) groups is 1. The van der Waals surface area contributed by atoms with Crippen molar-refractivity contribution in [2.75, 3.05) is 26.7 Å². The predicted octanol–water partition coefficient (Wildman–Crippen LogP) is 2.01. The molecule has 0 unspecified atom stereocenters. The molecule has 7 nitrogen and oxygen atoms in total. The number of aromatic nitrogens is 4. The molecule has 150 valence electrons. The predicted molar refractivity (Wildman–Crippen MR) is 107 cm³/mol. The summed E-state index contributed by atoms with van der Waals surface area (Å²) in [6.45, 7) is 8.13. The average molecular weight is 383 g/mol. The van der Waals surface area contributed by atoms with Gasteiger partial charge in [0.1, 0.15) is 5.82 Å². The first-order valence-electron chi connectivity index (χ1n) is 10.3. The molecule has 0 bridgehead atoms. The molecule has 0 aromatic carbocycles. The van der Waals surface area contributed by atoms with Gasteiger partial charge in [-0.2, -0.15) is 5.10 Å². The maximum absolute atomic E-state index is 12.9. The van der Waals surface area contributed by atoms with E-state index in [9.17, 15) is 4.79 Å². The zero-order valence-corrected chi connectivity index (χ0v) is 17.1. The van der Waals surface area contributed by atoms with Gasteiger partial charge in [-0.15, -0.1) is 0 Å². The van der Waals surface area contributed by atoms with Crippen molar-refractivity contribution in [3.8, 4) is 0 Å². The molecule has 4 rings (SSSR count). The highest BCUT2D eigenvalue weighted by Gasteiger charge is 2.27. The molecule has 1 saturated heterocycles. The van der Waals surface area contributed by atoms with E-state index in [4.69, 9.17) is 4.98 Å². The van der Waals surface area contributed by atoms with Gasteiger partial charge < -0.3 is 9.80 Å². The Morgan fingerprint density at radius 2 is 2.07 bits per heavy atom. The van der Waals surface area contributed by atoms with Gasteiger partial charge in [0.05, 0.1) is 23.9 Å². The Hall–Kier alpha value is -2.28. The Kier molecular flexibility index (Phi) is 5.44. The second-order valence-electron chi connectivity index (χ2n) is 8.37. The lowest BCUT2D eigenvalue weighted by atomic mass is 9.95. The fourth-order valence-corrected chi connectivity index (χ4v) is 4.22. The second kappa shape index (κ2) is 7.99. The van der Waals surface area contributed by atoms with Crippen molar-refractivity contribution in [2.24, 2.45) is 5.92 Å². The molecule has 2 aliphatic rings. The van der Waals surface area contributed by atoms with Gasteiger partial charge in [-0.25, -0.2) is 9.97 Å². The third kappa shape index (κ3) is 4.09. The summed E-state index contributed by atoms with van der Waals surface area (Å²) in [7, 11) is 2.17. The Balaban J connectivity index is 1.39. The molecule has 0 aliphatic carbocycles. The fourth-order valence-electron chi connectivity index (χ4n) is 4.22. The normalized spacial score (nSPS) is 19.5. The fraction of sp³-hybridized carbons (Fsp3) is 0.619. The number of aryl methyl sites for hydroxylation is 1. The lowest BCUT2D eigenvalue weighted by Crippen LogP contribution is -2.40. The van der Waals surface area contributed by atoms with E-state index in [0.717, 1.165) is 61.7 Å². The number of nitrogens with zero attached hydrogens (tertiary/aromatic N) is 6. The first kappa shape index (κ1) is 19.1. The largest absolute Gasteiger partial charge is 0.338 e. The van der Waals surface area contributed by atoms with Crippen LogP contribution in [0.15, 0.2) is 18.5 Å². The summed E-state index contributed by atoms with van der Waals surface area (Å²) in [5.74, 6) is 1.55. The molecule has 2 aliphatic heterocycles. The summed E-state index contributed by atoms with van der Waals surface area (Å²) in [5.41, 5.74) is 3.20. The van der Waals surface area contributed by atoms with E-state index >= 15 is 0 Å². The quantitative estimate of drug-likeness (QED) is 0.809. The van der Waals surface area contributed by atoms with Gasteiger partial charge in [-0.3, -0.25) is 9.48 Å². The molecule has 1 fully saturated rings. The number of likely N-dealkylation sites (tertiary alicyclic amines) is 1. The number of piperidine rings is 1. The van der Waals surface area contributed by atoms with Crippen LogP contribution in [-0.4, -0.2) is 62.1 Å². The van der Waals surface area contributed by atoms with Gasteiger partial charge >= 0.3 is 0 Å². The summed E-state index contributed by atoms with van der Waals surface area (Å²) >= 11 is 0. The van der Waals surface area contributed by atoms with E-state index < -0.39 is 0 Å². The van der Waals surface area contributed by atoms with Crippen LogP contribution in [0, 0.1) is 12.8 Å². The summed E-state index contributed by atoms with van der Waals surface area (Å²) in [4.78, 5) is 26.8. The highest BCUT2D eigenvalue weighted by atomic mass is 16.2. The van der Waals surface area contributed by atoms with Gasteiger partial charge in [0.25, 0.3) is 0 Å². The Bertz CT molecular complexity index is 839. The molecule has 1 amide bonds. The van der Waals surface area contributed by atoms with Crippen molar-refractivity contribution >= 4 is 5.91 Å². The van der Waals surface area contributed by atoms with Crippen LogP contribution in [0.2, 0.25) is 0 Å². The summed E-state index contributed by atoms with van der Waals surface area (Å²) < 4.78 is 1.85. The lowest BCUT2D eigenvalue weighted by Gasteiger charge is -2.31. The zero-order chi connectivity index (χ0) is 19.7. The van der Waals surface area contributed by atoms with Crippen molar-refractivity contribution in [3.63, 3.8) is 0 Å². The van der Waals surface area contributed by atoms with E-state index in [1.807, 2.05) is 41.9 Å². The topological polar surface area (TPSA) is 67.2 Å². The minimum absolute atomic E-state index is 0.0970. The van der Waals surface area contributed by atoms with E-state index in [-0.39, 0.29) is 11.8 Å². The van der Waals surface area contributed by atoms with Gasteiger partial charge in [-0.05, 0) is 46.0 Å². The highest BCUT2D eigenvalue weighted by molar-refractivity contribution is 5.78. The lowest BCUT2D eigenvalue weighted by molar-refractivity contribution is -0.136. The van der Waals surface area contributed by atoms with Crippen molar-refractivity contribution in [2.45, 2.75) is 52.1 Å². The van der Waals surface area contributed by atoms with Gasteiger partial charge in [0.15, 0.2) is 0 Å². The van der Waals surface area contributed by atoms with Crippen LogP contribution in [0.3, 0.4) is 0 Å². The molecular weight excluding hydrogens is 352 g/mol. The molecule has 0 radical (unpaired) electrons. The molecule has 4 heterocycles. The number of hydrogen-bond donors (Lipinski definition) is 0. The molecule has 1 atom stereocenters.